The summed E-state index contributed by atoms with van der Waals surface area (Å²) in [5.74, 6) is -0.662. The van der Waals surface area contributed by atoms with E-state index in [-0.39, 0.29) is 6.29 Å². The molecule has 0 heterocycles. The van der Waals surface area contributed by atoms with Crippen LogP contribution < -0.4 is 5.32 Å². The number of rotatable bonds is 2. The Morgan fingerprint density at radius 3 is 2.77 bits per heavy atom. The molecular formula is C9H8ClNO2. The highest BCUT2D eigenvalue weighted by Crippen LogP contribution is 2.19. The SMILES string of the molecule is Cc1cc(Cl)ccc1NC(=O)C=O. The number of carbonyl (C=O) groups excluding carboxylic acids is 2. The molecule has 0 bridgehead atoms. The minimum absolute atomic E-state index is 0.230. The van der Waals surface area contributed by atoms with Crippen LogP contribution in [0.25, 0.3) is 0 Å². The number of nitrogens with one attached hydrogen (secondary N) is 1. The van der Waals surface area contributed by atoms with Gasteiger partial charge in [-0.2, -0.15) is 0 Å². The molecule has 1 rings (SSSR count). The first-order valence-corrected chi connectivity index (χ1v) is 4.03. The normalized spacial score (nSPS) is 9.38. The third-order valence-electron chi connectivity index (χ3n) is 1.55. The van der Waals surface area contributed by atoms with Gasteiger partial charge in [0.1, 0.15) is 0 Å². The standard InChI is InChI=1S/C9H8ClNO2/c1-6-4-7(10)2-3-8(6)11-9(13)5-12/h2-5H,1H3,(H,11,13). The minimum atomic E-state index is -0.662. The van der Waals surface area contributed by atoms with Crippen LogP contribution in [-0.4, -0.2) is 12.2 Å². The van der Waals surface area contributed by atoms with Crippen molar-refractivity contribution in [3.05, 3.63) is 28.8 Å². The fourth-order valence-electron chi connectivity index (χ4n) is 0.930. The predicted molar refractivity (Wildman–Crippen MR) is 50.9 cm³/mol. The Labute approximate surface area is 80.7 Å². The average Bonchev–Trinajstić information content (AvgIpc) is 2.09. The summed E-state index contributed by atoms with van der Waals surface area (Å²) < 4.78 is 0. The number of hydrogen-bond donors (Lipinski definition) is 1. The van der Waals surface area contributed by atoms with Gasteiger partial charge in [0, 0.05) is 10.7 Å². The summed E-state index contributed by atoms with van der Waals surface area (Å²) in [6.45, 7) is 1.80. The van der Waals surface area contributed by atoms with Crippen molar-refractivity contribution in [2.24, 2.45) is 0 Å². The van der Waals surface area contributed by atoms with E-state index in [4.69, 9.17) is 11.6 Å². The van der Waals surface area contributed by atoms with Crippen LogP contribution in [-0.2, 0) is 9.59 Å². The van der Waals surface area contributed by atoms with Crippen molar-refractivity contribution in [3.8, 4) is 0 Å². The molecule has 0 aromatic heterocycles. The highest BCUT2D eigenvalue weighted by atomic mass is 35.5. The molecule has 0 aliphatic heterocycles. The lowest BCUT2D eigenvalue weighted by Crippen LogP contribution is -2.12. The highest BCUT2D eigenvalue weighted by molar-refractivity contribution is 6.31. The van der Waals surface area contributed by atoms with Gasteiger partial charge in [-0.05, 0) is 30.7 Å². The molecule has 68 valence electrons. The van der Waals surface area contributed by atoms with E-state index >= 15 is 0 Å². The van der Waals surface area contributed by atoms with Crippen molar-refractivity contribution in [2.75, 3.05) is 5.32 Å². The van der Waals surface area contributed by atoms with Crippen molar-refractivity contribution in [1.29, 1.82) is 0 Å². The zero-order valence-corrected chi connectivity index (χ0v) is 7.76. The molecular weight excluding hydrogens is 190 g/mol. The zero-order valence-electron chi connectivity index (χ0n) is 7.00. The van der Waals surface area contributed by atoms with Gasteiger partial charge < -0.3 is 5.32 Å². The van der Waals surface area contributed by atoms with Crippen LogP contribution in [0.5, 0.6) is 0 Å². The number of hydrogen-bond acceptors (Lipinski definition) is 2. The Morgan fingerprint density at radius 2 is 2.23 bits per heavy atom. The number of halogens is 1. The summed E-state index contributed by atoms with van der Waals surface area (Å²) in [6.07, 6.45) is 0.230. The maximum atomic E-state index is 10.7. The molecule has 13 heavy (non-hydrogen) atoms. The van der Waals surface area contributed by atoms with Crippen molar-refractivity contribution in [1.82, 2.24) is 0 Å². The Bertz CT molecular complexity index is 349. The van der Waals surface area contributed by atoms with Gasteiger partial charge in [0.2, 0.25) is 6.29 Å². The van der Waals surface area contributed by atoms with E-state index in [1.807, 2.05) is 0 Å². The van der Waals surface area contributed by atoms with E-state index in [0.717, 1.165) is 5.56 Å². The van der Waals surface area contributed by atoms with Crippen LogP contribution in [0, 0.1) is 6.92 Å². The van der Waals surface area contributed by atoms with E-state index in [0.29, 0.717) is 10.7 Å². The van der Waals surface area contributed by atoms with E-state index in [9.17, 15) is 9.59 Å². The first kappa shape index (κ1) is 9.74. The van der Waals surface area contributed by atoms with Crippen LogP contribution in [0.1, 0.15) is 5.56 Å². The monoisotopic (exact) mass is 197 g/mol. The molecule has 0 saturated carbocycles. The smallest absolute Gasteiger partial charge is 0.288 e. The van der Waals surface area contributed by atoms with Gasteiger partial charge >= 0.3 is 0 Å². The molecule has 0 saturated heterocycles. The molecule has 0 aliphatic rings. The second kappa shape index (κ2) is 4.05. The van der Waals surface area contributed by atoms with Gasteiger partial charge in [0.05, 0.1) is 0 Å². The number of aryl methyl sites for hydroxylation is 1. The summed E-state index contributed by atoms with van der Waals surface area (Å²) in [6, 6.07) is 5.01. The minimum Gasteiger partial charge on any atom is -0.319 e. The molecule has 1 aromatic rings. The molecule has 0 atom stereocenters. The number of carbonyl (C=O) groups is 2. The van der Waals surface area contributed by atoms with E-state index < -0.39 is 5.91 Å². The van der Waals surface area contributed by atoms with Crippen LogP contribution in [0.3, 0.4) is 0 Å². The summed E-state index contributed by atoms with van der Waals surface area (Å²) >= 11 is 5.71. The third-order valence-corrected chi connectivity index (χ3v) is 1.79. The van der Waals surface area contributed by atoms with Gasteiger partial charge in [-0.25, -0.2) is 0 Å². The lowest BCUT2D eigenvalue weighted by Gasteiger charge is -2.04. The summed E-state index contributed by atoms with van der Waals surface area (Å²) in [5, 5.41) is 3.02. The molecule has 0 fully saturated rings. The van der Waals surface area contributed by atoms with Crippen LogP contribution >= 0.6 is 11.6 Å². The van der Waals surface area contributed by atoms with Crippen LogP contribution in [0.15, 0.2) is 18.2 Å². The average molecular weight is 198 g/mol. The molecule has 1 N–H and O–H groups in total. The fourth-order valence-corrected chi connectivity index (χ4v) is 1.16. The second-order valence-corrected chi connectivity index (χ2v) is 3.00. The first-order valence-electron chi connectivity index (χ1n) is 3.66. The van der Waals surface area contributed by atoms with E-state index in [1.54, 1.807) is 25.1 Å². The summed E-state index contributed by atoms with van der Waals surface area (Å²) in [4.78, 5) is 20.8. The number of anilines is 1. The number of amides is 1. The number of benzene rings is 1. The Hall–Kier alpha value is -1.35. The largest absolute Gasteiger partial charge is 0.319 e. The fraction of sp³-hybridized carbons (Fsp3) is 0.111. The van der Waals surface area contributed by atoms with Crippen molar-refractivity contribution < 1.29 is 9.59 Å². The van der Waals surface area contributed by atoms with Gasteiger partial charge in [0.25, 0.3) is 5.91 Å². The molecule has 1 aromatic carbocycles. The van der Waals surface area contributed by atoms with Crippen LogP contribution in [0.2, 0.25) is 5.02 Å². The van der Waals surface area contributed by atoms with Gasteiger partial charge in [-0.3, -0.25) is 9.59 Å². The zero-order chi connectivity index (χ0) is 9.84. The van der Waals surface area contributed by atoms with Crippen molar-refractivity contribution >= 4 is 29.5 Å². The molecule has 0 radical (unpaired) electrons. The Balaban J connectivity index is 2.89. The second-order valence-electron chi connectivity index (χ2n) is 2.57. The molecule has 1 amide bonds. The topological polar surface area (TPSA) is 46.2 Å². The van der Waals surface area contributed by atoms with Crippen molar-refractivity contribution in [2.45, 2.75) is 6.92 Å². The Morgan fingerprint density at radius 1 is 1.54 bits per heavy atom. The lowest BCUT2D eigenvalue weighted by atomic mass is 10.2. The first-order chi connectivity index (χ1) is 6.13. The Kier molecular flexibility index (Phi) is 3.03. The number of aldehydes is 1. The molecule has 0 spiro atoms. The van der Waals surface area contributed by atoms with Gasteiger partial charge in [0.15, 0.2) is 0 Å². The maximum Gasteiger partial charge on any atom is 0.288 e. The predicted octanol–water partition coefficient (Wildman–Crippen LogP) is 1.79. The summed E-state index contributed by atoms with van der Waals surface area (Å²) in [7, 11) is 0. The van der Waals surface area contributed by atoms with Gasteiger partial charge in [-0.1, -0.05) is 11.6 Å². The quantitative estimate of drug-likeness (QED) is 0.580. The summed E-state index contributed by atoms with van der Waals surface area (Å²) in [5.41, 5.74) is 1.42. The van der Waals surface area contributed by atoms with Gasteiger partial charge in [-0.15, -0.1) is 0 Å². The maximum absolute atomic E-state index is 10.7. The van der Waals surface area contributed by atoms with Crippen molar-refractivity contribution in [3.63, 3.8) is 0 Å². The molecule has 4 heteroatoms. The van der Waals surface area contributed by atoms with Crippen LogP contribution in [0.4, 0.5) is 5.69 Å². The van der Waals surface area contributed by atoms with E-state index in [2.05, 4.69) is 5.32 Å². The van der Waals surface area contributed by atoms with E-state index in [1.165, 1.54) is 0 Å². The molecule has 3 nitrogen and oxygen atoms in total. The molecule has 0 unspecified atom stereocenters. The molecule has 0 aliphatic carbocycles. The lowest BCUT2D eigenvalue weighted by molar-refractivity contribution is -0.127. The highest BCUT2D eigenvalue weighted by Gasteiger charge is 2.02. The third kappa shape index (κ3) is 2.56.